The number of aromatic nitrogens is 4. The summed E-state index contributed by atoms with van der Waals surface area (Å²) in [4.78, 5) is 36.9. The maximum absolute atomic E-state index is 12.2. The first kappa shape index (κ1) is 19.8. The molecule has 0 aliphatic heterocycles. The maximum atomic E-state index is 12.2. The summed E-state index contributed by atoms with van der Waals surface area (Å²) in [5, 5.41) is 11.0. The minimum Gasteiger partial charge on any atom is -0.466 e. The number of carbonyl (C=O) groups is 3. The second kappa shape index (κ2) is 9.24. The first-order chi connectivity index (χ1) is 13.0. The van der Waals surface area contributed by atoms with Crippen LogP contribution in [0.3, 0.4) is 0 Å². The van der Waals surface area contributed by atoms with Gasteiger partial charge in [-0.1, -0.05) is 0 Å². The highest BCUT2D eigenvalue weighted by Gasteiger charge is 2.19. The number of terminal acetylenes is 1. The Hall–Kier alpha value is -3.54. The summed E-state index contributed by atoms with van der Waals surface area (Å²) in [7, 11) is 0. The lowest BCUT2D eigenvalue weighted by atomic mass is 10.1. The number of ether oxygens (including phenoxy) is 1. The molecule has 0 bridgehead atoms. The van der Waals surface area contributed by atoms with Crippen LogP contribution in [0.15, 0.2) is 24.5 Å². The van der Waals surface area contributed by atoms with Gasteiger partial charge in [0, 0.05) is 12.1 Å². The van der Waals surface area contributed by atoms with Crippen LogP contribution in [0.4, 0.5) is 5.69 Å². The first-order valence-electron chi connectivity index (χ1n) is 8.25. The Labute approximate surface area is 156 Å². The van der Waals surface area contributed by atoms with Crippen LogP contribution >= 0.6 is 0 Å². The van der Waals surface area contributed by atoms with Crippen LogP contribution in [-0.4, -0.2) is 51.0 Å². The van der Waals surface area contributed by atoms with E-state index >= 15 is 0 Å². The zero-order chi connectivity index (χ0) is 19.8. The van der Waals surface area contributed by atoms with Gasteiger partial charge >= 0.3 is 11.9 Å². The van der Waals surface area contributed by atoms with Crippen molar-refractivity contribution in [2.45, 2.75) is 26.7 Å². The number of esters is 1. The average Bonchev–Trinajstić information content (AvgIpc) is 3.18. The van der Waals surface area contributed by atoms with E-state index in [1.54, 1.807) is 25.1 Å². The fourth-order valence-electron chi connectivity index (χ4n) is 2.42. The third kappa shape index (κ3) is 5.22. The molecule has 140 valence electrons. The second-order valence-corrected chi connectivity index (χ2v) is 5.60. The van der Waals surface area contributed by atoms with Gasteiger partial charge < -0.3 is 4.74 Å². The van der Waals surface area contributed by atoms with E-state index in [0.29, 0.717) is 5.69 Å². The van der Waals surface area contributed by atoms with Gasteiger partial charge in [-0.25, -0.2) is 4.68 Å². The maximum Gasteiger partial charge on any atom is 0.306 e. The van der Waals surface area contributed by atoms with E-state index in [-0.39, 0.29) is 31.8 Å². The molecule has 1 aromatic heterocycles. The van der Waals surface area contributed by atoms with Crippen molar-refractivity contribution in [3.63, 3.8) is 0 Å². The summed E-state index contributed by atoms with van der Waals surface area (Å²) in [6.45, 7) is 3.53. The minimum atomic E-state index is -0.644. The fraction of sp³-hybridized carbons (Fsp3) is 0.333. The molecule has 27 heavy (non-hydrogen) atoms. The lowest BCUT2D eigenvalue weighted by Gasteiger charge is -2.20. The third-order valence-electron chi connectivity index (χ3n) is 3.70. The number of benzene rings is 1. The molecule has 0 atom stereocenters. The van der Waals surface area contributed by atoms with Crippen molar-refractivity contribution in [2.24, 2.45) is 0 Å². The molecule has 0 spiro atoms. The van der Waals surface area contributed by atoms with Crippen LogP contribution in [0.25, 0.3) is 5.69 Å². The van der Waals surface area contributed by atoms with Crippen molar-refractivity contribution < 1.29 is 19.1 Å². The molecule has 0 saturated heterocycles. The number of nitrogens with zero attached hydrogens (tertiary/aromatic N) is 5. The topological polar surface area (TPSA) is 107 Å². The molecule has 0 aliphatic carbocycles. The van der Waals surface area contributed by atoms with E-state index in [4.69, 9.17) is 11.2 Å². The number of rotatable bonds is 8. The normalized spacial score (nSPS) is 10.1. The zero-order valence-corrected chi connectivity index (χ0v) is 15.1. The van der Waals surface area contributed by atoms with Crippen LogP contribution in [0, 0.1) is 19.3 Å². The summed E-state index contributed by atoms with van der Waals surface area (Å²) in [5.41, 5.74) is 1.98. The predicted octanol–water partition coefficient (Wildman–Crippen LogP) is 0.849. The average molecular weight is 369 g/mol. The van der Waals surface area contributed by atoms with E-state index in [2.05, 4.69) is 15.5 Å². The second-order valence-electron chi connectivity index (χ2n) is 5.60. The Morgan fingerprint density at radius 1 is 1.30 bits per heavy atom. The molecule has 1 aromatic carbocycles. The monoisotopic (exact) mass is 369 g/mol. The molecule has 9 nitrogen and oxygen atoms in total. The molecule has 2 rings (SSSR count). The number of tetrazole rings is 1. The molecule has 1 amide bonds. The van der Waals surface area contributed by atoms with E-state index in [1.165, 1.54) is 15.9 Å². The van der Waals surface area contributed by atoms with Crippen LogP contribution in [0.1, 0.15) is 25.3 Å². The molecule has 0 aliphatic rings. The number of anilines is 1. The standard InChI is InChI=1S/C18H19N5O4/c1-4-17(25)22(11-15(24)7-9-18(26)27-5-2)14-6-8-16(13(3)10-14)23-12-19-20-21-23/h1,6,8,10,12H,5,7,9,11H2,2-3H3. The molecule has 2 aromatic rings. The van der Waals surface area contributed by atoms with Gasteiger partial charge in [0.2, 0.25) is 0 Å². The van der Waals surface area contributed by atoms with E-state index in [9.17, 15) is 14.4 Å². The van der Waals surface area contributed by atoms with Gasteiger partial charge in [0.25, 0.3) is 0 Å². The fourth-order valence-corrected chi connectivity index (χ4v) is 2.42. The molecule has 0 fully saturated rings. The number of carbonyl (C=O) groups excluding carboxylic acids is 3. The Bertz CT molecular complexity index is 870. The van der Waals surface area contributed by atoms with Crippen LogP contribution in [0.5, 0.6) is 0 Å². The summed E-state index contributed by atoms with van der Waals surface area (Å²) >= 11 is 0. The number of Topliss-reactive ketones (excluding diaryl/α,β-unsaturated/α-hetero) is 1. The van der Waals surface area contributed by atoms with E-state index in [0.717, 1.165) is 11.3 Å². The molecule has 9 heteroatoms. The minimum absolute atomic E-state index is 0.0329. The SMILES string of the molecule is C#CC(=O)N(CC(=O)CCC(=O)OCC)c1ccc(-n2cnnn2)c(C)c1. The number of ketones is 1. The lowest BCUT2D eigenvalue weighted by Crippen LogP contribution is -2.35. The largest absolute Gasteiger partial charge is 0.466 e. The van der Waals surface area contributed by atoms with Gasteiger partial charge in [-0.2, -0.15) is 0 Å². The quantitative estimate of drug-likeness (QED) is 0.501. The van der Waals surface area contributed by atoms with Crippen molar-refractivity contribution >= 4 is 23.3 Å². The van der Waals surface area contributed by atoms with Gasteiger partial charge in [-0.05, 0) is 54.0 Å². The molecule has 1 heterocycles. The van der Waals surface area contributed by atoms with Crippen molar-refractivity contribution in [3.05, 3.63) is 30.1 Å². The van der Waals surface area contributed by atoms with Gasteiger partial charge in [0.15, 0.2) is 5.78 Å². The molecular weight excluding hydrogens is 350 g/mol. The van der Waals surface area contributed by atoms with Gasteiger partial charge in [0.05, 0.1) is 25.3 Å². The molecule has 0 saturated carbocycles. The number of hydrogen-bond donors (Lipinski definition) is 0. The predicted molar refractivity (Wildman–Crippen MR) is 96.0 cm³/mol. The van der Waals surface area contributed by atoms with Crippen molar-refractivity contribution in [1.29, 1.82) is 0 Å². The van der Waals surface area contributed by atoms with Crippen LogP contribution < -0.4 is 4.90 Å². The van der Waals surface area contributed by atoms with Crippen molar-refractivity contribution in [2.75, 3.05) is 18.1 Å². The molecule has 0 radical (unpaired) electrons. The van der Waals surface area contributed by atoms with Crippen LogP contribution in [0.2, 0.25) is 0 Å². The highest BCUT2D eigenvalue weighted by molar-refractivity contribution is 6.08. The lowest BCUT2D eigenvalue weighted by molar-refractivity contribution is -0.144. The summed E-state index contributed by atoms with van der Waals surface area (Å²) < 4.78 is 6.28. The van der Waals surface area contributed by atoms with Gasteiger partial charge in [-0.15, -0.1) is 11.5 Å². The van der Waals surface area contributed by atoms with Crippen LogP contribution in [-0.2, 0) is 19.1 Å². The summed E-state index contributed by atoms with van der Waals surface area (Å²) in [5.74, 6) is 0.623. The summed E-state index contributed by atoms with van der Waals surface area (Å²) in [6, 6.07) is 5.09. The van der Waals surface area contributed by atoms with Crippen molar-refractivity contribution in [3.8, 4) is 18.0 Å². The first-order valence-corrected chi connectivity index (χ1v) is 8.25. The molecular formula is C18H19N5O4. The Balaban J connectivity index is 2.16. The zero-order valence-electron chi connectivity index (χ0n) is 15.1. The Morgan fingerprint density at radius 3 is 2.67 bits per heavy atom. The highest BCUT2D eigenvalue weighted by atomic mass is 16.5. The molecule has 0 N–H and O–H groups in total. The molecule has 0 unspecified atom stereocenters. The smallest absolute Gasteiger partial charge is 0.306 e. The van der Waals surface area contributed by atoms with Crippen molar-refractivity contribution in [1.82, 2.24) is 20.2 Å². The number of hydrogen-bond acceptors (Lipinski definition) is 7. The van der Waals surface area contributed by atoms with E-state index in [1.807, 2.05) is 12.8 Å². The third-order valence-corrected chi connectivity index (χ3v) is 3.70. The number of aryl methyl sites for hydroxylation is 1. The Kier molecular flexibility index (Phi) is 6.77. The van der Waals surface area contributed by atoms with Gasteiger partial charge in [0.1, 0.15) is 6.33 Å². The Morgan fingerprint density at radius 2 is 2.07 bits per heavy atom. The summed E-state index contributed by atoms with van der Waals surface area (Å²) in [6.07, 6.45) is 6.61. The van der Waals surface area contributed by atoms with Gasteiger partial charge in [-0.3, -0.25) is 19.3 Å². The van der Waals surface area contributed by atoms with E-state index < -0.39 is 11.9 Å². The number of amides is 1. The highest BCUT2D eigenvalue weighted by Crippen LogP contribution is 2.21.